The molecule has 21 heavy (non-hydrogen) atoms. The van der Waals surface area contributed by atoms with E-state index >= 15 is 0 Å². The summed E-state index contributed by atoms with van der Waals surface area (Å²) in [6.07, 6.45) is 1.87. The number of carbonyl (C=O) groups is 2. The molecule has 0 aliphatic carbocycles. The molecule has 1 amide bonds. The summed E-state index contributed by atoms with van der Waals surface area (Å²) in [4.78, 5) is 25.9. The van der Waals surface area contributed by atoms with Crippen molar-refractivity contribution in [3.8, 4) is 0 Å². The van der Waals surface area contributed by atoms with Crippen molar-refractivity contribution in [1.82, 2.24) is 4.90 Å². The maximum atomic E-state index is 12.1. The Balaban J connectivity index is 1.76. The number of carboxylic acids is 1. The number of nitrogens with zero attached hydrogens (tertiary/aromatic N) is 1. The second kappa shape index (κ2) is 7.71. The van der Waals surface area contributed by atoms with Gasteiger partial charge in [-0.1, -0.05) is 11.6 Å². The van der Waals surface area contributed by atoms with Gasteiger partial charge in [-0.2, -0.15) is 0 Å². The fourth-order valence-electron chi connectivity index (χ4n) is 2.35. The number of hydrogen-bond acceptors (Lipinski definition) is 3. The zero-order valence-corrected chi connectivity index (χ0v) is 13.2. The summed E-state index contributed by atoms with van der Waals surface area (Å²) in [7, 11) is 0. The molecule has 0 bridgehead atoms. The first kappa shape index (κ1) is 16.2. The molecular formula is C15H18ClNO3S. The van der Waals surface area contributed by atoms with Gasteiger partial charge >= 0.3 is 5.97 Å². The zero-order valence-electron chi connectivity index (χ0n) is 11.6. The summed E-state index contributed by atoms with van der Waals surface area (Å²) >= 11 is 7.42. The summed E-state index contributed by atoms with van der Waals surface area (Å²) in [5, 5.41) is 9.73. The van der Waals surface area contributed by atoms with Gasteiger partial charge in [0, 0.05) is 35.2 Å². The van der Waals surface area contributed by atoms with Crippen molar-refractivity contribution in [3.63, 3.8) is 0 Å². The lowest BCUT2D eigenvalue weighted by molar-refractivity contribution is -0.145. The second-order valence-electron chi connectivity index (χ2n) is 5.07. The van der Waals surface area contributed by atoms with Gasteiger partial charge in [-0.3, -0.25) is 9.59 Å². The summed E-state index contributed by atoms with van der Waals surface area (Å²) < 4.78 is 0. The van der Waals surface area contributed by atoms with Gasteiger partial charge in [-0.25, -0.2) is 0 Å². The highest BCUT2D eigenvalue weighted by Gasteiger charge is 2.27. The second-order valence-corrected chi connectivity index (χ2v) is 6.67. The van der Waals surface area contributed by atoms with E-state index < -0.39 is 11.9 Å². The largest absolute Gasteiger partial charge is 0.481 e. The van der Waals surface area contributed by atoms with Crippen LogP contribution in [0.25, 0.3) is 0 Å². The van der Waals surface area contributed by atoms with Gasteiger partial charge in [0.25, 0.3) is 0 Å². The average Bonchev–Trinajstić information content (AvgIpc) is 2.49. The van der Waals surface area contributed by atoms with Crippen LogP contribution < -0.4 is 0 Å². The molecule has 4 nitrogen and oxygen atoms in total. The quantitative estimate of drug-likeness (QED) is 0.844. The SMILES string of the molecule is O=C(O)C1CCCN(C(=O)CCSc2ccc(Cl)cc2)C1. The molecule has 6 heteroatoms. The number of rotatable bonds is 5. The van der Waals surface area contributed by atoms with E-state index in [-0.39, 0.29) is 5.91 Å². The Bertz CT molecular complexity index is 506. The number of likely N-dealkylation sites (tertiary alicyclic amines) is 1. The van der Waals surface area contributed by atoms with E-state index in [1.165, 1.54) is 0 Å². The molecule has 2 rings (SSSR count). The molecule has 1 saturated heterocycles. The van der Waals surface area contributed by atoms with Crippen molar-refractivity contribution in [2.24, 2.45) is 5.92 Å². The third kappa shape index (κ3) is 4.93. The average molecular weight is 328 g/mol. The maximum Gasteiger partial charge on any atom is 0.308 e. The van der Waals surface area contributed by atoms with Crippen LogP contribution in [0.1, 0.15) is 19.3 Å². The number of carbonyl (C=O) groups excluding carboxylic acids is 1. The fraction of sp³-hybridized carbons (Fsp3) is 0.467. The molecule has 114 valence electrons. The van der Waals surface area contributed by atoms with Crippen LogP contribution in [0.4, 0.5) is 0 Å². The lowest BCUT2D eigenvalue weighted by Gasteiger charge is -2.30. The topological polar surface area (TPSA) is 57.6 Å². The van der Waals surface area contributed by atoms with Crippen molar-refractivity contribution >= 4 is 35.2 Å². The lowest BCUT2D eigenvalue weighted by Crippen LogP contribution is -2.42. The first-order chi connectivity index (χ1) is 10.1. The van der Waals surface area contributed by atoms with Crippen molar-refractivity contribution < 1.29 is 14.7 Å². The molecule has 0 saturated carbocycles. The Morgan fingerprint density at radius 2 is 2.05 bits per heavy atom. The number of amides is 1. The van der Waals surface area contributed by atoms with Crippen LogP contribution in [-0.2, 0) is 9.59 Å². The van der Waals surface area contributed by atoms with E-state index in [4.69, 9.17) is 16.7 Å². The molecule has 0 aromatic heterocycles. The number of thioether (sulfide) groups is 1. The minimum absolute atomic E-state index is 0.0439. The molecule has 1 fully saturated rings. The maximum absolute atomic E-state index is 12.1. The Morgan fingerprint density at radius 3 is 2.71 bits per heavy atom. The van der Waals surface area contributed by atoms with Crippen LogP contribution in [0.15, 0.2) is 29.2 Å². The molecule has 1 unspecified atom stereocenters. The molecular weight excluding hydrogens is 310 g/mol. The van der Waals surface area contributed by atoms with Gasteiger partial charge < -0.3 is 10.0 Å². The van der Waals surface area contributed by atoms with Crippen molar-refractivity contribution in [1.29, 1.82) is 0 Å². The normalized spacial score (nSPS) is 18.5. The molecule has 1 aliphatic rings. The third-order valence-electron chi connectivity index (χ3n) is 3.52. The van der Waals surface area contributed by atoms with Crippen LogP contribution in [0.5, 0.6) is 0 Å². The number of piperidine rings is 1. The van der Waals surface area contributed by atoms with E-state index in [1.54, 1.807) is 16.7 Å². The van der Waals surface area contributed by atoms with Crippen LogP contribution in [0, 0.1) is 5.92 Å². The zero-order chi connectivity index (χ0) is 15.2. The minimum atomic E-state index is -0.803. The lowest BCUT2D eigenvalue weighted by atomic mass is 9.98. The van der Waals surface area contributed by atoms with E-state index in [9.17, 15) is 9.59 Å². The Labute approximate surface area is 133 Å². The summed E-state index contributed by atoms with van der Waals surface area (Å²) in [5.41, 5.74) is 0. The number of carboxylic acid groups (broad SMARTS) is 1. The van der Waals surface area contributed by atoms with Crippen LogP contribution in [0.3, 0.4) is 0 Å². The predicted octanol–water partition coefficient (Wildman–Crippen LogP) is 3.15. The molecule has 0 spiro atoms. The number of aliphatic carboxylic acids is 1. The molecule has 1 aromatic rings. The van der Waals surface area contributed by atoms with E-state index in [2.05, 4.69) is 0 Å². The molecule has 0 radical (unpaired) electrons. The first-order valence-electron chi connectivity index (χ1n) is 6.95. The van der Waals surface area contributed by atoms with Gasteiger partial charge in [0.1, 0.15) is 0 Å². The summed E-state index contributed by atoms with van der Waals surface area (Å²) in [5.74, 6) is -0.480. The smallest absolute Gasteiger partial charge is 0.308 e. The molecule has 1 aliphatic heterocycles. The van der Waals surface area contributed by atoms with Crippen LogP contribution >= 0.6 is 23.4 Å². The van der Waals surface area contributed by atoms with Crippen LogP contribution in [-0.4, -0.2) is 40.7 Å². The number of benzene rings is 1. The molecule has 1 heterocycles. The fourth-order valence-corrected chi connectivity index (χ4v) is 3.32. The predicted molar refractivity (Wildman–Crippen MR) is 83.7 cm³/mol. The van der Waals surface area contributed by atoms with Gasteiger partial charge in [0.05, 0.1) is 5.92 Å². The van der Waals surface area contributed by atoms with Crippen LogP contribution in [0.2, 0.25) is 5.02 Å². The molecule has 1 N–H and O–H groups in total. The third-order valence-corrected chi connectivity index (χ3v) is 4.79. The van der Waals surface area contributed by atoms with Crippen molar-refractivity contribution in [2.75, 3.05) is 18.8 Å². The van der Waals surface area contributed by atoms with Gasteiger partial charge in [0.15, 0.2) is 0 Å². The highest BCUT2D eigenvalue weighted by Crippen LogP contribution is 2.22. The van der Waals surface area contributed by atoms with E-state index in [0.717, 1.165) is 11.3 Å². The Morgan fingerprint density at radius 1 is 1.33 bits per heavy atom. The Kier molecular flexibility index (Phi) is 5.94. The summed E-state index contributed by atoms with van der Waals surface area (Å²) in [6, 6.07) is 7.51. The number of hydrogen-bond donors (Lipinski definition) is 1. The van der Waals surface area contributed by atoms with E-state index in [1.807, 2.05) is 24.3 Å². The monoisotopic (exact) mass is 327 g/mol. The summed E-state index contributed by atoms with van der Waals surface area (Å²) in [6.45, 7) is 1.02. The minimum Gasteiger partial charge on any atom is -0.481 e. The van der Waals surface area contributed by atoms with Crippen molar-refractivity contribution in [2.45, 2.75) is 24.2 Å². The van der Waals surface area contributed by atoms with Gasteiger partial charge in [0.2, 0.25) is 5.91 Å². The Hall–Kier alpha value is -1.20. The first-order valence-corrected chi connectivity index (χ1v) is 8.31. The number of halogens is 1. The highest BCUT2D eigenvalue weighted by molar-refractivity contribution is 7.99. The standard InChI is InChI=1S/C15H18ClNO3S/c16-12-3-5-13(6-4-12)21-9-7-14(18)17-8-1-2-11(10-17)15(19)20/h3-6,11H,1-2,7-10H2,(H,19,20). The van der Waals surface area contributed by atoms with E-state index in [0.29, 0.717) is 36.7 Å². The van der Waals surface area contributed by atoms with Gasteiger partial charge in [-0.15, -0.1) is 11.8 Å². The van der Waals surface area contributed by atoms with Gasteiger partial charge in [-0.05, 0) is 37.1 Å². The molecule has 1 atom stereocenters. The van der Waals surface area contributed by atoms with Crippen molar-refractivity contribution in [3.05, 3.63) is 29.3 Å². The highest BCUT2D eigenvalue weighted by atomic mass is 35.5. The molecule has 1 aromatic carbocycles.